The molecule has 3 heterocycles. The van der Waals surface area contributed by atoms with Crippen molar-refractivity contribution in [1.82, 2.24) is 20.1 Å². The van der Waals surface area contributed by atoms with Crippen LogP contribution < -0.4 is 10.5 Å². The molecule has 0 saturated carbocycles. The number of piperazine rings is 1. The van der Waals surface area contributed by atoms with Crippen LogP contribution in [0.5, 0.6) is 0 Å². The highest BCUT2D eigenvalue weighted by Crippen LogP contribution is 2.24. The summed E-state index contributed by atoms with van der Waals surface area (Å²) in [6.07, 6.45) is 0. The fourth-order valence-electron chi connectivity index (χ4n) is 4.27. The van der Waals surface area contributed by atoms with Gasteiger partial charge in [0.25, 0.3) is 5.56 Å². The number of hydrogen-bond donors (Lipinski definition) is 1. The summed E-state index contributed by atoms with van der Waals surface area (Å²) < 4.78 is 5.79. The summed E-state index contributed by atoms with van der Waals surface area (Å²) >= 11 is 0. The number of pyridine rings is 1. The third-order valence-electron chi connectivity index (χ3n) is 6.25. The van der Waals surface area contributed by atoms with Crippen LogP contribution in [0.25, 0.3) is 22.0 Å². The van der Waals surface area contributed by atoms with Crippen LogP contribution in [-0.2, 0) is 6.54 Å². The first-order chi connectivity index (χ1) is 16.5. The SMILES string of the molecule is CC(C)c1nnc(N2CCN(Cc3ccc(-c4cc5c(C#N)cccc5c(=O)[nH]4)cc3)CC2)o1. The highest BCUT2D eigenvalue weighted by molar-refractivity contribution is 5.89. The smallest absolute Gasteiger partial charge is 0.318 e. The number of nitrogens with zero attached hydrogens (tertiary/aromatic N) is 5. The van der Waals surface area contributed by atoms with Gasteiger partial charge in [-0.05, 0) is 29.3 Å². The van der Waals surface area contributed by atoms with Crippen molar-refractivity contribution >= 4 is 16.8 Å². The van der Waals surface area contributed by atoms with E-state index >= 15 is 0 Å². The Morgan fingerprint density at radius 1 is 1.06 bits per heavy atom. The number of benzene rings is 2. The number of aromatic nitrogens is 3. The Morgan fingerprint density at radius 2 is 1.82 bits per heavy atom. The molecule has 4 aromatic rings. The number of nitrogens with one attached hydrogen (secondary N) is 1. The number of hydrogen-bond acceptors (Lipinski definition) is 7. The minimum atomic E-state index is -0.187. The highest BCUT2D eigenvalue weighted by atomic mass is 16.4. The Balaban J connectivity index is 1.26. The Bertz CT molecular complexity index is 1410. The van der Waals surface area contributed by atoms with Crippen LogP contribution in [0.2, 0.25) is 0 Å². The third kappa shape index (κ3) is 4.30. The topological polar surface area (TPSA) is 102 Å². The van der Waals surface area contributed by atoms with Crippen LogP contribution in [0.15, 0.2) is 57.7 Å². The number of rotatable bonds is 5. The van der Waals surface area contributed by atoms with Crippen molar-refractivity contribution in [1.29, 1.82) is 5.26 Å². The molecule has 1 N–H and O–H groups in total. The largest absolute Gasteiger partial charge is 0.408 e. The molecule has 0 aliphatic carbocycles. The van der Waals surface area contributed by atoms with Gasteiger partial charge in [-0.3, -0.25) is 9.69 Å². The summed E-state index contributed by atoms with van der Waals surface area (Å²) in [6, 6.07) is 18.1. The maximum Gasteiger partial charge on any atom is 0.318 e. The summed E-state index contributed by atoms with van der Waals surface area (Å²) in [5.74, 6) is 0.903. The molecule has 1 aliphatic rings. The summed E-state index contributed by atoms with van der Waals surface area (Å²) in [5, 5.41) is 18.9. The zero-order chi connectivity index (χ0) is 23.7. The molecule has 2 aromatic carbocycles. The normalized spacial score (nSPS) is 14.6. The summed E-state index contributed by atoms with van der Waals surface area (Å²) in [4.78, 5) is 20.0. The van der Waals surface area contributed by atoms with Crippen LogP contribution in [-0.4, -0.2) is 46.3 Å². The summed E-state index contributed by atoms with van der Waals surface area (Å²) in [7, 11) is 0. The molecule has 5 rings (SSSR count). The van der Waals surface area contributed by atoms with Crippen LogP contribution in [0.4, 0.5) is 6.01 Å². The van der Waals surface area contributed by atoms with Gasteiger partial charge in [-0.15, -0.1) is 5.10 Å². The van der Waals surface area contributed by atoms with Crippen molar-refractivity contribution in [2.75, 3.05) is 31.1 Å². The highest BCUT2D eigenvalue weighted by Gasteiger charge is 2.22. The Kier molecular flexibility index (Phi) is 5.86. The van der Waals surface area contributed by atoms with E-state index in [2.05, 4.69) is 43.2 Å². The van der Waals surface area contributed by atoms with E-state index < -0.39 is 0 Å². The van der Waals surface area contributed by atoms with Crippen molar-refractivity contribution < 1.29 is 4.42 Å². The van der Waals surface area contributed by atoms with E-state index in [1.54, 1.807) is 18.2 Å². The van der Waals surface area contributed by atoms with Gasteiger partial charge in [-0.2, -0.15) is 5.26 Å². The zero-order valence-corrected chi connectivity index (χ0v) is 19.3. The molecule has 0 atom stereocenters. The van der Waals surface area contributed by atoms with E-state index in [1.165, 1.54) is 5.56 Å². The second-order valence-corrected chi connectivity index (χ2v) is 8.93. The summed E-state index contributed by atoms with van der Waals surface area (Å²) in [6.45, 7) is 8.45. The van der Waals surface area contributed by atoms with Gasteiger partial charge in [0, 0.05) is 55.1 Å². The Morgan fingerprint density at radius 3 is 2.50 bits per heavy atom. The van der Waals surface area contributed by atoms with Crippen molar-refractivity contribution in [3.63, 3.8) is 0 Å². The number of anilines is 1. The van der Waals surface area contributed by atoms with Gasteiger partial charge in [0.05, 0.1) is 11.6 Å². The molecule has 34 heavy (non-hydrogen) atoms. The quantitative estimate of drug-likeness (QED) is 0.488. The van der Waals surface area contributed by atoms with E-state index in [0.717, 1.165) is 38.3 Å². The van der Waals surface area contributed by atoms with Gasteiger partial charge >= 0.3 is 6.01 Å². The lowest BCUT2D eigenvalue weighted by Crippen LogP contribution is -2.46. The number of aromatic amines is 1. The van der Waals surface area contributed by atoms with Gasteiger partial charge < -0.3 is 14.3 Å². The molecule has 172 valence electrons. The monoisotopic (exact) mass is 454 g/mol. The molecule has 1 saturated heterocycles. The Labute approximate surface area is 197 Å². The van der Waals surface area contributed by atoms with Crippen molar-refractivity contribution in [3.8, 4) is 17.3 Å². The molecule has 8 nitrogen and oxygen atoms in total. The van der Waals surface area contributed by atoms with Crippen LogP contribution in [0, 0.1) is 11.3 Å². The lowest BCUT2D eigenvalue weighted by molar-refractivity contribution is 0.244. The number of H-pyrrole nitrogens is 1. The fraction of sp³-hybridized carbons (Fsp3) is 0.308. The molecule has 0 spiro atoms. The predicted molar refractivity (Wildman–Crippen MR) is 131 cm³/mol. The molecule has 1 fully saturated rings. The first-order valence-corrected chi connectivity index (χ1v) is 11.5. The number of nitriles is 1. The van der Waals surface area contributed by atoms with Gasteiger partial charge in [-0.25, -0.2) is 0 Å². The molecule has 0 amide bonds. The molecular formula is C26H26N6O2. The minimum absolute atomic E-state index is 0.187. The van der Waals surface area contributed by atoms with Crippen LogP contribution >= 0.6 is 0 Å². The Hall–Kier alpha value is -3.96. The lowest BCUT2D eigenvalue weighted by Gasteiger charge is -2.33. The zero-order valence-electron chi connectivity index (χ0n) is 19.3. The molecule has 0 bridgehead atoms. The van der Waals surface area contributed by atoms with Gasteiger partial charge in [-0.1, -0.05) is 49.3 Å². The second kappa shape index (κ2) is 9.12. The van der Waals surface area contributed by atoms with Crippen molar-refractivity contribution in [2.45, 2.75) is 26.3 Å². The second-order valence-electron chi connectivity index (χ2n) is 8.93. The van der Waals surface area contributed by atoms with Gasteiger partial charge in [0.2, 0.25) is 5.89 Å². The maximum atomic E-state index is 12.5. The molecular weight excluding hydrogens is 428 g/mol. The third-order valence-corrected chi connectivity index (χ3v) is 6.25. The van der Waals surface area contributed by atoms with Gasteiger partial charge in [0.15, 0.2) is 0 Å². The molecule has 0 radical (unpaired) electrons. The lowest BCUT2D eigenvalue weighted by atomic mass is 10.0. The van der Waals surface area contributed by atoms with Crippen LogP contribution in [0.1, 0.15) is 36.8 Å². The molecule has 2 aromatic heterocycles. The average Bonchev–Trinajstić information content (AvgIpc) is 3.35. The van der Waals surface area contributed by atoms with Gasteiger partial charge in [0.1, 0.15) is 0 Å². The van der Waals surface area contributed by atoms with E-state index in [0.29, 0.717) is 33.9 Å². The van der Waals surface area contributed by atoms with Crippen molar-refractivity contribution in [3.05, 3.63) is 75.9 Å². The summed E-state index contributed by atoms with van der Waals surface area (Å²) in [5.41, 5.74) is 3.14. The standard InChI is InChI=1S/C26H26N6O2/c1-17(2)25-29-30-26(34-25)32-12-10-31(11-13-32)16-18-6-8-19(9-7-18)23-14-22-20(15-27)4-3-5-21(22)24(33)28-23/h3-9,14,17H,10-13,16H2,1-2H3,(H,28,33). The maximum absolute atomic E-state index is 12.5. The van der Waals surface area contributed by atoms with E-state index in [1.807, 2.05) is 32.0 Å². The fourth-order valence-corrected chi connectivity index (χ4v) is 4.27. The van der Waals surface area contributed by atoms with Crippen LogP contribution in [0.3, 0.4) is 0 Å². The van der Waals surface area contributed by atoms with E-state index in [4.69, 9.17) is 4.42 Å². The molecule has 0 unspecified atom stereocenters. The van der Waals surface area contributed by atoms with E-state index in [-0.39, 0.29) is 11.5 Å². The minimum Gasteiger partial charge on any atom is -0.408 e. The molecule has 8 heteroatoms. The first-order valence-electron chi connectivity index (χ1n) is 11.5. The predicted octanol–water partition coefficient (Wildman–Crippen LogP) is 3.90. The first kappa shape index (κ1) is 21.9. The van der Waals surface area contributed by atoms with E-state index in [9.17, 15) is 10.1 Å². The molecule has 1 aliphatic heterocycles. The van der Waals surface area contributed by atoms with Crippen molar-refractivity contribution in [2.24, 2.45) is 0 Å². The average molecular weight is 455 g/mol. The number of fused-ring (bicyclic) bond motifs is 1.